The molecule has 0 spiro atoms. The van der Waals surface area contributed by atoms with Crippen molar-refractivity contribution in [2.75, 3.05) is 20.5 Å². The van der Waals surface area contributed by atoms with Crippen molar-refractivity contribution < 1.29 is 14.6 Å². The number of benzene rings is 1. The van der Waals surface area contributed by atoms with E-state index in [-0.39, 0.29) is 6.29 Å². The highest BCUT2D eigenvalue weighted by Gasteiger charge is 2.52. The van der Waals surface area contributed by atoms with Gasteiger partial charge in [-0.3, -0.25) is 4.90 Å². The minimum Gasteiger partial charge on any atom is -0.508 e. The second-order valence-electron chi connectivity index (χ2n) is 9.30. The van der Waals surface area contributed by atoms with E-state index in [1.807, 2.05) is 24.1 Å². The van der Waals surface area contributed by atoms with Crippen LogP contribution in [-0.2, 0) is 15.9 Å². The summed E-state index contributed by atoms with van der Waals surface area (Å²) in [6.45, 7) is 3.78. The highest BCUT2D eigenvalue weighted by Crippen LogP contribution is 2.62. The van der Waals surface area contributed by atoms with E-state index >= 15 is 0 Å². The molecule has 27 heavy (non-hydrogen) atoms. The molecule has 4 nitrogen and oxygen atoms in total. The molecule has 4 atom stereocenters. The van der Waals surface area contributed by atoms with Crippen LogP contribution in [0.25, 0.3) is 0 Å². The third kappa shape index (κ3) is 2.93. The van der Waals surface area contributed by atoms with E-state index in [0.29, 0.717) is 30.5 Å². The fourth-order valence-corrected chi connectivity index (χ4v) is 6.44. The van der Waals surface area contributed by atoms with Crippen LogP contribution in [0.2, 0.25) is 0 Å². The largest absolute Gasteiger partial charge is 0.508 e. The first-order chi connectivity index (χ1) is 13.0. The van der Waals surface area contributed by atoms with Gasteiger partial charge in [-0.25, -0.2) is 0 Å². The van der Waals surface area contributed by atoms with Crippen LogP contribution in [0, 0.1) is 17.3 Å². The zero-order chi connectivity index (χ0) is 18.6. The minimum atomic E-state index is -0.181. The normalized spacial score (nSPS) is 38.4. The number of aromatic hydroxyl groups is 1. The number of hydrogen-bond acceptors (Lipinski definition) is 4. The number of phenols is 1. The van der Waals surface area contributed by atoms with Crippen LogP contribution in [0.1, 0.15) is 56.1 Å². The molecule has 4 aliphatic rings. The standard InChI is InChI=1S/C23H31NO3/c1-23-10-9-19-18-7-5-17(25)11-15(18)3-6-20(19)21(23)8-4-16(23)12-22-26-13-24(2)14-27-22/h5,7,11-12,19-22,25H,3-4,6,8-10,13-14H2,1-2H3. The third-order valence-electron chi connectivity index (χ3n) is 7.81. The number of ether oxygens (including phenoxy) is 2. The molecule has 2 saturated carbocycles. The van der Waals surface area contributed by atoms with Gasteiger partial charge < -0.3 is 14.6 Å². The zero-order valence-electron chi connectivity index (χ0n) is 16.5. The van der Waals surface area contributed by atoms with Gasteiger partial charge in [-0.1, -0.05) is 18.6 Å². The number of phenolic OH excluding ortho intramolecular Hbond substituents is 1. The second kappa shape index (κ2) is 6.61. The van der Waals surface area contributed by atoms with E-state index in [1.54, 1.807) is 5.57 Å². The van der Waals surface area contributed by atoms with E-state index in [9.17, 15) is 5.11 Å². The van der Waals surface area contributed by atoms with Crippen LogP contribution in [0.3, 0.4) is 0 Å². The molecular formula is C23H31NO3. The van der Waals surface area contributed by atoms with Crippen LogP contribution in [0.4, 0.5) is 0 Å². The highest BCUT2D eigenvalue weighted by molar-refractivity contribution is 5.41. The molecule has 1 aromatic carbocycles. The Morgan fingerprint density at radius 3 is 2.78 bits per heavy atom. The fourth-order valence-electron chi connectivity index (χ4n) is 6.44. The number of fused-ring (bicyclic) bond motifs is 5. The number of allylic oxidation sites excluding steroid dienone is 1. The van der Waals surface area contributed by atoms with E-state index in [1.165, 1.54) is 43.2 Å². The molecular weight excluding hydrogens is 338 g/mol. The number of rotatable bonds is 1. The van der Waals surface area contributed by atoms with Gasteiger partial charge in [-0.05, 0) is 98.1 Å². The van der Waals surface area contributed by atoms with Crippen molar-refractivity contribution >= 4 is 0 Å². The predicted molar refractivity (Wildman–Crippen MR) is 104 cm³/mol. The Balaban J connectivity index is 1.39. The van der Waals surface area contributed by atoms with Crippen molar-refractivity contribution in [2.45, 2.75) is 57.7 Å². The molecule has 1 saturated heterocycles. The summed E-state index contributed by atoms with van der Waals surface area (Å²) >= 11 is 0. The summed E-state index contributed by atoms with van der Waals surface area (Å²) < 4.78 is 11.7. The van der Waals surface area contributed by atoms with Gasteiger partial charge in [0.25, 0.3) is 0 Å². The van der Waals surface area contributed by atoms with E-state index in [2.05, 4.69) is 19.1 Å². The monoisotopic (exact) mass is 369 g/mol. The molecule has 1 heterocycles. The molecule has 4 heteroatoms. The summed E-state index contributed by atoms with van der Waals surface area (Å²) in [5.41, 5.74) is 4.75. The Morgan fingerprint density at radius 1 is 1.15 bits per heavy atom. The average Bonchev–Trinajstić information content (AvgIpc) is 2.99. The predicted octanol–water partition coefficient (Wildman–Crippen LogP) is 4.39. The summed E-state index contributed by atoms with van der Waals surface area (Å²) in [7, 11) is 2.01. The van der Waals surface area contributed by atoms with Crippen LogP contribution < -0.4 is 0 Å². The van der Waals surface area contributed by atoms with Crippen LogP contribution in [0.5, 0.6) is 5.75 Å². The van der Waals surface area contributed by atoms with Gasteiger partial charge in [-0.15, -0.1) is 0 Å². The van der Waals surface area contributed by atoms with E-state index in [0.717, 1.165) is 18.3 Å². The van der Waals surface area contributed by atoms with Crippen molar-refractivity contribution in [2.24, 2.45) is 17.3 Å². The molecule has 1 aromatic rings. The summed E-state index contributed by atoms with van der Waals surface area (Å²) in [5, 5.41) is 9.85. The smallest absolute Gasteiger partial charge is 0.180 e. The maximum atomic E-state index is 9.85. The molecule has 1 aliphatic heterocycles. The lowest BCUT2D eigenvalue weighted by atomic mass is 9.55. The maximum Gasteiger partial charge on any atom is 0.180 e. The molecule has 5 rings (SSSR count). The Morgan fingerprint density at radius 2 is 1.96 bits per heavy atom. The van der Waals surface area contributed by atoms with Crippen molar-refractivity contribution in [3.05, 3.63) is 41.0 Å². The third-order valence-corrected chi connectivity index (χ3v) is 7.81. The summed E-state index contributed by atoms with van der Waals surface area (Å²) in [4.78, 5) is 2.04. The van der Waals surface area contributed by atoms with Crippen LogP contribution >= 0.6 is 0 Å². The van der Waals surface area contributed by atoms with Gasteiger partial charge in [0.05, 0.1) is 0 Å². The lowest BCUT2D eigenvalue weighted by Crippen LogP contribution is -2.41. The summed E-state index contributed by atoms with van der Waals surface area (Å²) in [6.07, 6.45) is 9.46. The van der Waals surface area contributed by atoms with E-state index < -0.39 is 0 Å². The maximum absolute atomic E-state index is 9.85. The molecule has 3 aliphatic carbocycles. The van der Waals surface area contributed by atoms with Crippen molar-refractivity contribution in [1.82, 2.24) is 4.90 Å². The zero-order valence-corrected chi connectivity index (χ0v) is 16.5. The van der Waals surface area contributed by atoms with Crippen LogP contribution in [-0.4, -0.2) is 36.8 Å². The Kier molecular flexibility index (Phi) is 4.34. The molecule has 146 valence electrons. The van der Waals surface area contributed by atoms with Crippen LogP contribution in [0.15, 0.2) is 29.8 Å². The summed E-state index contributed by atoms with van der Waals surface area (Å²) in [6, 6.07) is 6.06. The Hall–Kier alpha value is -1.36. The minimum absolute atomic E-state index is 0.181. The van der Waals surface area contributed by atoms with Gasteiger partial charge in [0.1, 0.15) is 19.2 Å². The Labute approximate surface area is 162 Å². The fraction of sp³-hybridized carbons (Fsp3) is 0.652. The molecule has 1 N–H and O–H groups in total. The van der Waals surface area contributed by atoms with E-state index in [4.69, 9.17) is 9.47 Å². The quantitative estimate of drug-likeness (QED) is 0.745. The number of hydrogen-bond donors (Lipinski definition) is 1. The second-order valence-corrected chi connectivity index (χ2v) is 9.30. The molecule has 0 bridgehead atoms. The molecule has 0 radical (unpaired) electrons. The van der Waals surface area contributed by atoms with Crippen molar-refractivity contribution in [1.29, 1.82) is 0 Å². The molecule has 3 fully saturated rings. The first kappa shape index (κ1) is 17.7. The van der Waals surface area contributed by atoms with Gasteiger partial charge in [0.2, 0.25) is 0 Å². The average molecular weight is 370 g/mol. The number of aryl methyl sites for hydroxylation is 1. The topological polar surface area (TPSA) is 41.9 Å². The van der Waals surface area contributed by atoms with Gasteiger partial charge in [-0.2, -0.15) is 0 Å². The lowest BCUT2D eigenvalue weighted by molar-refractivity contribution is -0.217. The SMILES string of the molecule is CN1COC(C=C2CCC3C4CCc5cc(O)ccc5C4CCC23C)OC1. The van der Waals surface area contributed by atoms with Gasteiger partial charge in [0.15, 0.2) is 6.29 Å². The number of nitrogens with zero attached hydrogens (tertiary/aromatic N) is 1. The molecule has 0 amide bonds. The molecule has 0 aromatic heterocycles. The summed E-state index contributed by atoms with van der Waals surface area (Å²) in [5.74, 6) is 2.61. The highest BCUT2D eigenvalue weighted by atomic mass is 16.7. The van der Waals surface area contributed by atoms with Gasteiger partial charge in [0, 0.05) is 0 Å². The first-order valence-corrected chi connectivity index (χ1v) is 10.5. The van der Waals surface area contributed by atoms with Crippen molar-refractivity contribution in [3.63, 3.8) is 0 Å². The Bertz CT molecular complexity index is 752. The molecule has 4 unspecified atom stereocenters. The van der Waals surface area contributed by atoms with Gasteiger partial charge >= 0.3 is 0 Å². The lowest BCUT2D eigenvalue weighted by Gasteiger charge is -2.49. The first-order valence-electron chi connectivity index (χ1n) is 10.5. The van der Waals surface area contributed by atoms with Crippen molar-refractivity contribution in [3.8, 4) is 5.75 Å².